The fourth-order valence-corrected chi connectivity index (χ4v) is 2.50. The molecule has 1 aromatic heterocycles. The van der Waals surface area contributed by atoms with Gasteiger partial charge in [-0.3, -0.25) is 14.9 Å². The summed E-state index contributed by atoms with van der Waals surface area (Å²) in [5, 5.41) is 17.6. The molecule has 7 nitrogen and oxygen atoms in total. The molecule has 0 saturated heterocycles. The summed E-state index contributed by atoms with van der Waals surface area (Å²) in [6.07, 6.45) is 0. The van der Waals surface area contributed by atoms with Crippen LogP contribution in [-0.2, 0) is 0 Å². The van der Waals surface area contributed by atoms with Crippen molar-refractivity contribution >= 4 is 28.9 Å². The number of aromatic nitrogens is 1. The molecule has 0 spiro atoms. The monoisotopic (exact) mass is 357 g/mol. The number of rotatable bonds is 4. The van der Waals surface area contributed by atoms with E-state index in [4.69, 9.17) is 16.1 Å². The Morgan fingerprint density at radius 1 is 1.24 bits per heavy atom. The number of non-ortho nitro benzene ring substituents is 1. The lowest BCUT2D eigenvalue weighted by Crippen LogP contribution is -2.14. The third-order valence-electron chi connectivity index (χ3n) is 3.55. The molecule has 1 heterocycles. The molecule has 0 radical (unpaired) electrons. The Morgan fingerprint density at radius 2 is 1.96 bits per heavy atom. The van der Waals surface area contributed by atoms with Gasteiger partial charge < -0.3 is 9.84 Å². The molecule has 0 atom stereocenters. The van der Waals surface area contributed by atoms with E-state index in [-0.39, 0.29) is 22.0 Å². The Labute approximate surface area is 147 Å². The maximum Gasteiger partial charge on any atom is 0.271 e. The van der Waals surface area contributed by atoms with Crippen molar-refractivity contribution < 1.29 is 14.2 Å². The Bertz CT molecular complexity index is 954. The summed E-state index contributed by atoms with van der Waals surface area (Å²) in [6.45, 7) is 1.61. The number of hydrogen-bond acceptors (Lipinski definition) is 5. The summed E-state index contributed by atoms with van der Waals surface area (Å²) in [7, 11) is 0. The van der Waals surface area contributed by atoms with Crippen LogP contribution in [0.15, 0.2) is 53.1 Å². The number of nitro benzene ring substituents is 1. The lowest BCUT2D eigenvalue weighted by molar-refractivity contribution is -0.384. The fraction of sp³-hybridized carbons (Fsp3) is 0.0588. The lowest BCUT2D eigenvalue weighted by Gasteiger charge is -2.07. The van der Waals surface area contributed by atoms with Gasteiger partial charge in [0.25, 0.3) is 11.6 Å². The Hall–Kier alpha value is -3.19. The zero-order valence-corrected chi connectivity index (χ0v) is 13.8. The third kappa shape index (κ3) is 3.36. The summed E-state index contributed by atoms with van der Waals surface area (Å²) < 4.78 is 5.15. The average Bonchev–Trinajstić information content (AvgIpc) is 2.99. The molecule has 0 bridgehead atoms. The molecule has 1 N–H and O–H groups in total. The van der Waals surface area contributed by atoms with E-state index in [1.165, 1.54) is 18.2 Å². The third-order valence-corrected chi connectivity index (χ3v) is 3.88. The minimum Gasteiger partial charge on any atom is -0.360 e. The number of nitro groups is 1. The molecule has 3 rings (SSSR count). The summed E-state index contributed by atoms with van der Waals surface area (Å²) in [6, 6.07) is 12.9. The number of nitrogens with one attached hydrogen (secondary N) is 1. The van der Waals surface area contributed by atoms with E-state index < -0.39 is 10.8 Å². The number of carbonyl (C=O) groups excluding carboxylic acids is 1. The second kappa shape index (κ2) is 6.74. The van der Waals surface area contributed by atoms with Gasteiger partial charge in [0.1, 0.15) is 17.0 Å². The van der Waals surface area contributed by atoms with Gasteiger partial charge in [0, 0.05) is 17.7 Å². The number of anilines is 1. The van der Waals surface area contributed by atoms with E-state index in [0.29, 0.717) is 11.5 Å². The SMILES string of the molecule is Cc1onc(-c2ccccc2)c1C(=O)Nc1cc([N+](=O)[O-])ccc1Cl. The molecule has 0 aliphatic heterocycles. The van der Waals surface area contributed by atoms with Gasteiger partial charge in [-0.15, -0.1) is 0 Å². The van der Waals surface area contributed by atoms with Gasteiger partial charge in [0.15, 0.2) is 0 Å². The molecule has 8 heteroatoms. The molecule has 1 amide bonds. The first kappa shape index (κ1) is 16.7. The standard InChI is InChI=1S/C17H12ClN3O4/c1-10-15(16(20-25-10)11-5-3-2-4-6-11)17(22)19-14-9-12(21(23)24)7-8-13(14)18/h2-9H,1H3,(H,19,22). The van der Waals surface area contributed by atoms with E-state index in [9.17, 15) is 14.9 Å². The van der Waals surface area contributed by atoms with Crippen LogP contribution in [0.3, 0.4) is 0 Å². The van der Waals surface area contributed by atoms with Crippen molar-refractivity contribution in [3.05, 3.63) is 75.0 Å². The molecule has 0 aliphatic carbocycles. The number of benzene rings is 2. The van der Waals surface area contributed by atoms with Crippen LogP contribution < -0.4 is 5.32 Å². The fourth-order valence-electron chi connectivity index (χ4n) is 2.34. The Balaban J connectivity index is 1.97. The number of halogens is 1. The molecule has 25 heavy (non-hydrogen) atoms. The summed E-state index contributed by atoms with van der Waals surface area (Å²) in [5.74, 6) is -0.182. The minimum absolute atomic E-state index is 0.139. The van der Waals surface area contributed by atoms with Crippen LogP contribution in [0.4, 0.5) is 11.4 Å². The number of hydrogen-bond donors (Lipinski definition) is 1. The van der Waals surface area contributed by atoms with E-state index in [1.807, 2.05) is 18.2 Å². The van der Waals surface area contributed by atoms with E-state index in [2.05, 4.69) is 10.5 Å². The van der Waals surface area contributed by atoms with Crippen LogP contribution in [0.2, 0.25) is 5.02 Å². The molecular formula is C17H12ClN3O4. The predicted octanol–water partition coefficient (Wildman–Crippen LogP) is 4.46. The summed E-state index contributed by atoms with van der Waals surface area (Å²) >= 11 is 6.03. The maximum atomic E-state index is 12.7. The summed E-state index contributed by atoms with van der Waals surface area (Å²) in [4.78, 5) is 23.0. The molecule has 0 fully saturated rings. The normalized spacial score (nSPS) is 10.5. The number of amides is 1. The number of nitrogens with zero attached hydrogens (tertiary/aromatic N) is 2. The first-order chi connectivity index (χ1) is 12.0. The highest BCUT2D eigenvalue weighted by molar-refractivity contribution is 6.34. The van der Waals surface area contributed by atoms with Gasteiger partial charge in [-0.05, 0) is 13.0 Å². The Morgan fingerprint density at radius 3 is 2.64 bits per heavy atom. The molecule has 126 valence electrons. The van der Waals surface area contributed by atoms with Crippen molar-refractivity contribution in [1.82, 2.24) is 5.16 Å². The molecular weight excluding hydrogens is 346 g/mol. The number of carbonyl (C=O) groups is 1. The van der Waals surface area contributed by atoms with Crippen LogP contribution in [-0.4, -0.2) is 16.0 Å². The molecule has 2 aromatic carbocycles. The van der Waals surface area contributed by atoms with Crippen molar-refractivity contribution in [2.24, 2.45) is 0 Å². The lowest BCUT2D eigenvalue weighted by atomic mass is 10.1. The van der Waals surface area contributed by atoms with Gasteiger partial charge >= 0.3 is 0 Å². The highest BCUT2D eigenvalue weighted by Gasteiger charge is 2.23. The van der Waals surface area contributed by atoms with Gasteiger partial charge in [0.05, 0.1) is 15.6 Å². The predicted molar refractivity (Wildman–Crippen MR) is 92.7 cm³/mol. The minimum atomic E-state index is -0.563. The zero-order chi connectivity index (χ0) is 18.0. The average molecular weight is 358 g/mol. The van der Waals surface area contributed by atoms with Crippen LogP contribution in [0.5, 0.6) is 0 Å². The van der Waals surface area contributed by atoms with Gasteiger partial charge in [0.2, 0.25) is 0 Å². The van der Waals surface area contributed by atoms with Crippen molar-refractivity contribution in [3.8, 4) is 11.3 Å². The van der Waals surface area contributed by atoms with Gasteiger partial charge in [-0.25, -0.2) is 0 Å². The van der Waals surface area contributed by atoms with Crippen molar-refractivity contribution in [1.29, 1.82) is 0 Å². The van der Waals surface area contributed by atoms with Crippen molar-refractivity contribution in [2.75, 3.05) is 5.32 Å². The second-order valence-electron chi connectivity index (χ2n) is 5.20. The van der Waals surface area contributed by atoms with Gasteiger partial charge in [-0.2, -0.15) is 0 Å². The first-order valence-corrected chi connectivity index (χ1v) is 7.62. The maximum absolute atomic E-state index is 12.7. The highest BCUT2D eigenvalue weighted by atomic mass is 35.5. The van der Waals surface area contributed by atoms with Crippen molar-refractivity contribution in [2.45, 2.75) is 6.92 Å². The molecule has 0 saturated carbocycles. The summed E-state index contributed by atoms with van der Waals surface area (Å²) in [5.41, 5.74) is 1.31. The van der Waals surface area contributed by atoms with E-state index in [0.717, 1.165) is 5.56 Å². The first-order valence-electron chi connectivity index (χ1n) is 7.24. The van der Waals surface area contributed by atoms with E-state index >= 15 is 0 Å². The van der Waals surface area contributed by atoms with Gasteiger partial charge in [-0.1, -0.05) is 47.1 Å². The topological polar surface area (TPSA) is 98.3 Å². The molecule has 0 aliphatic rings. The molecule has 0 unspecified atom stereocenters. The number of aryl methyl sites for hydroxylation is 1. The highest BCUT2D eigenvalue weighted by Crippen LogP contribution is 2.30. The van der Waals surface area contributed by atoms with Crippen LogP contribution in [0.25, 0.3) is 11.3 Å². The van der Waals surface area contributed by atoms with E-state index in [1.54, 1.807) is 19.1 Å². The Kier molecular flexibility index (Phi) is 4.49. The van der Waals surface area contributed by atoms with Crippen molar-refractivity contribution in [3.63, 3.8) is 0 Å². The second-order valence-corrected chi connectivity index (χ2v) is 5.61. The van der Waals surface area contributed by atoms with Crippen LogP contribution in [0.1, 0.15) is 16.1 Å². The molecule has 3 aromatic rings. The quantitative estimate of drug-likeness (QED) is 0.549. The zero-order valence-electron chi connectivity index (χ0n) is 13.0. The van der Waals surface area contributed by atoms with Crippen LogP contribution >= 0.6 is 11.6 Å². The smallest absolute Gasteiger partial charge is 0.271 e. The largest absolute Gasteiger partial charge is 0.360 e. The van der Waals surface area contributed by atoms with Crippen LogP contribution in [0, 0.1) is 17.0 Å².